The molecule has 0 saturated heterocycles. The van der Waals surface area contributed by atoms with Gasteiger partial charge in [0.15, 0.2) is 0 Å². The maximum absolute atomic E-state index is 13.0. The summed E-state index contributed by atoms with van der Waals surface area (Å²) in [6.07, 6.45) is 0.458. The molecule has 6 heteroatoms. The highest BCUT2D eigenvalue weighted by molar-refractivity contribution is 5.93. The number of nitrogens with one attached hydrogen (secondary N) is 1. The molecule has 0 heterocycles. The van der Waals surface area contributed by atoms with Crippen LogP contribution in [0.3, 0.4) is 0 Å². The minimum Gasteiger partial charge on any atom is -0.383 e. The minimum absolute atomic E-state index is 0.383. The Hall–Kier alpha value is -2.76. The van der Waals surface area contributed by atoms with Gasteiger partial charge in [0.2, 0.25) is 6.10 Å². The van der Waals surface area contributed by atoms with Gasteiger partial charge in [-0.25, -0.2) is 8.78 Å². The van der Waals surface area contributed by atoms with Gasteiger partial charge >= 0.3 is 0 Å². The van der Waals surface area contributed by atoms with Crippen LogP contribution in [0, 0.1) is 11.6 Å². The molecule has 0 aliphatic carbocycles. The highest BCUT2D eigenvalue weighted by Crippen LogP contribution is 2.09. The minimum atomic E-state index is -0.852. The fourth-order valence-corrected chi connectivity index (χ4v) is 1.59. The normalized spacial score (nSPS) is 12.1. The van der Waals surface area contributed by atoms with Crippen molar-refractivity contribution in [2.24, 2.45) is 5.16 Å². The molecule has 0 aliphatic heterocycles. The third kappa shape index (κ3) is 4.66. The summed E-state index contributed by atoms with van der Waals surface area (Å²) in [5, 5.41) is 6.21. The molecule has 1 amide bonds. The van der Waals surface area contributed by atoms with E-state index in [-0.39, 0.29) is 11.6 Å². The Kier molecular flexibility index (Phi) is 5.19. The summed E-state index contributed by atoms with van der Waals surface area (Å²) >= 11 is 0. The SMILES string of the molecule is C[C@H](O/N=C\c1cccc(F)c1)C(=O)Nc1ccc(F)cc1. The molecule has 4 nitrogen and oxygen atoms in total. The molecule has 2 aromatic carbocycles. The number of anilines is 1. The first-order valence-corrected chi connectivity index (χ1v) is 6.56. The third-order valence-electron chi connectivity index (χ3n) is 2.75. The zero-order valence-electron chi connectivity index (χ0n) is 11.8. The predicted octanol–water partition coefficient (Wildman–Crippen LogP) is 3.34. The Labute approximate surface area is 126 Å². The Bertz CT molecular complexity index is 672. The van der Waals surface area contributed by atoms with E-state index < -0.39 is 12.0 Å². The van der Waals surface area contributed by atoms with Crippen LogP contribution in [0.2, 0.25) is 0 Å². The first-order chi connectivity index (χ1) is 10.5. The van der Waals surface area contributed by atoms with Crippen molar-refractivity contribution in [3.8, 4) is 0 Å². The topological polar surface area (TPSA) is 50.7 Å². The number of carbonyl (C=O) groups is 1. The van der Waals surface area contributed by atoms with E-state index >= 15 is 0 Å². The zero-order chi connectivity index (χ0) is 15.9. The van der Waals surface area contributed by atoms with Crippen LogP contribution in [-0.2, 0) is 9.63 Å². The molecule has 114 valence electrons. The molecule has 22 heavy (non-hydrogen) atoms. The average Bonchev–Trinajstić information content (AvgIpc) is 2.49. The number of hydrogen-bond acceptors (Lipinski definition) is 3. The molecule has 1 N–H and O–H groups in total. The molecule has 0 radical (unpaired) electrons. The lowest BCUT2D eigenvalue weighted by Crippen LogP contribution is -2.26. The van der Waals surface area contributed by atoms with Gasteiger partial charge in [-0.05, 0) is 48.9 Å². The first kappa shape index (κ1) is 15.6. The van der Waals surface area contributed by atoms with E-state index in [0.717, 1.165) is 0 Å². The monoisotopic (exact) mass is 304 g/mol. The summed E-state index contributed by atoms with van der Waals surface area (Å²) in [5.74, 6) is -1.20. The molecule has 0 aromatic heterocycles. The van der Waals surface area contributed by atoms with E-state index in [4.69, 9.17) is 4.84 Å². The van der Waals surface area contributed by atoms with Gasteiger partial charge in [0.25, 0.3) is 5.91 Å². The van der Waals surface area contributed by atoms with Gasteiger partial charge in [-0.2, -0.15) is 0 Å². The van der Waals surface area contributed by atoms with Crippen LogP contribution in [0.1, 0.15) is 12.5 Å². The molecule has 0 aliphatic rings. The molecular formula is C16H14F2N2O2. The van der Waals surface area contributed by atoms with E-state index in [0.29, 0.717) is 11.3 Å². The number of halogens is 2. The Balaban J connectivity index is 1.87. The van der Waals surface area contributed by atoms with Gasteiger partial charge < -0.3 is 10.2 Å². The second-order valence-corrected chi connectivity index (χ2v) is 4.53. The van der Waals surface area contributed by atoms with E-state index in [9.17, 15) is 13.6 Å². The second-order valence-electron chi connectivity index (χ2n) is 4.53. The van der Waals surface area contributed by atoms with Crippen molar-refractivity contribution in [2.45, 2.75) is 13.0 Å². The molecule has 1 atom stereocenters. The van der Waals surface area contributed by atoms with Crippen LogP contribution < -0.4 is 5.32 Å². The smallest absolute Gasteiger partial charge is 0.267 e. The van der Waals surface area contributed by atoms with Crippen LogP contribution in [0.4, 0.5) is 14.5 Å². The molecule has 2 rings (SSSR count). The van der Waals surface area contributed by atoms with Crippen molar-refractivity contribution < 1.29 is 18.4 Å². The molecule has 2 aromatic rings. The Morgan fingerprint density at radius 3 is 2.59 bits per heavy atom. The van der Waals surface area contributed by atoms with E-state index in [1.807, 2.05) is 0 Å². The lowest BCUT2D eigenvalue weighted by Gasteiger charge is -2.10. The fourth-order valence-electron chi connectivity index (χ4n) is 1.59. The van der Waals surface area contributed by atoms with Crippen LogP contribution in [0.15, 0.2) is 53.7 Å². The lowest BCUT2D eigenvalue weighted by atomic mass is 10.2. The first-order valence-electron chi connectivity index (χ1n) is 6.56. The third-order valence-corrected chi connectivity index (χ3v) is 2.75. The second kappa shape index (κ2) is 7.31. The Morgan fingerprint density at radius 2 is 1.91 bits per heavy atom. The molecule has 0 spiro atoms. The molecule has 0 saturated carbocycles. The maximum atomic E-state index is 13.0. The predicted molar refractivity (Wildman–Crippen MR) is 79.6 cm³/mol. The fraction of sp³-hybridized carbons (Fsp3) is 0.125. The van der Waals surface area contributed by atoms with Crippen molar-refractivity contribution in [3.63, 3.8) is 0 Å². The number of rotatable bonds is 5. The van der Waals surface area contributed by atoms with Crippen LogP contribution >= 0.6 is 0 Å². The van der Waals surface area contributed by atoms with E-state index in [1.165, 1.54) is 49.5 Å². The van der Waals surface area contributed by atoms with Gasteiger partial charge in [-0.15, -0.1) is 0 Å². The summed E-state index contributed by atoms with van der Waals surface area (Å²) in [6, 6.07) is 11.2. The van der Waals surface area contributed by atoms with Gasteiger partial charge in [0, 0.05) is 5.69 Å². The van der Waals surface area contributed by atoms with Crippen molar-refractivity contribution >= 4 is 17.8 Å². The Morgan fingerprint density at radius 1 is 1.18 bits per heavy atom. The molecule has 0 fully saturated rings. The van der Waals surface area contributed by atoms with Gasteiger partial charge in [0.1, 0.15) is 11.6 Å². The average molecular weight is 304 g/mol. The number of oxime groups is 1. The van der Waals surface area contributed by atoms with Crippen LogP contribution in [0.5, 0.6) is 0 Å². The van der Waals surface area contributed by atoms with Crippen LogP contribution in [0.25, 0.3) is 0 Å². The largest absolute Gasteiger partial charge is 0.383 e. The van der Waals surface area contributed by atoms with Gasteiger partial charge in [-0.1, -0.05) is 17.3 Å². The number of nitrogens with zero attached hydrogens (tertiary/aromatic N) is 1. The number of benzene rings is 2. The van der Waals surface area contributed by atoms with Crippen molar-refractivity contribution in [1.82, 2.24) is 0 Å². The lowest BCUT2D eigenvalue weighted by molar-refractivity contribution is -0.126. The van der Waals surface area contributed by atoms with Crippen LogP contribution in [-0.4, -0.2) is 18.2 Å². The summed E-state index contributed by atoms with van der Waals surface area (Å²) in [5.41, 5.74) is 0.974. The van der Waals surface area contributed by atoms with Gasteiger partial charge in [-0.3, -0.25) is 4.79 Å². The highest BCUT2D eigenvalue weighted by atomic mass is 19.1. The maximum Gasteiger partial charge on any atom is 0.267 e. The van der Waals surface area contributed by atoms with Gasteiger partial charge in [0.05, 0.1) is 6.21 Å². The standard InChI is InChI=1S/C16H14F2N2O2/c1-11(16(21)20-15-7-5-13(17)6-8-15)22-19-10-12-3-2-4-14(18)9-12/h2-11H,1H3,(H,20,21)/b19-10-/t11-/m0/s1. The molecule has 0 bridgehead atoms. The molecule has 0 unspecified atom stereocenters. The van der Waals surface area contributed by atoms with E-state index in [1.54, 1.807) is 12.1 Å². The highest BCUT2D eigenvalue weighted by Gasteiger charge is 2.14. The molecular weight excluding hydrogens is 290 g/mol. The quantitative estimate of drug-likeness (QED) is 0.680. The van der Waals surface area contributed by atoms with Crippen molar-refractivity contribution in [2.75, 3.05) is 5.32 Å². The van der Waals surface area contributed by atoms with E-state index in [2.05, 4.69) is 10.5 Å². The summed E-state index contributed by atoms with van der Waals surface area (Å²) in [7, 11) is 0. The number of carbonyl (C=O) groups excluding carboxylic acids is 1. The summed E-state index contributed by atoms with van der Waals surface area (Å²) in [4.78, 5) is 16.8. The number of hydrogen-bond donors (Lipinski definition) is 1. The number of amides is 1. The van der Waals surface area contributed by atoms with Crippen molar-refractivity contribution in [1.29, 1.82) is 0 Å². The zero-order valence-corrected chi connectivity index (χ0v) is 11.8. The summed E-state index contributed by atoms with van der Waals surface area (Å²) in [6.45, 7) is 1.52. The summed E-state index contributed by atoms with van der Waals surface area (Å²) < 4.78 is 25.7. The van der Waals surface area contributed by atoms with Crippen molar-refractivity contribution in [3.05, 3.63) is 65.7 Å².